The lowest BCUT2D eigenvalue weighted by Crippen LogP contribution is -2.24. The summed E-state index contributed by atoms with van der Waals surface area (Å²) in [4.78, 5) is 3.57. The highest BCUT2D eigenvalue weighted by Gasteiger charge is 2.14. The van der Waals surface area contributed by atoms with E-state index in [1.54, 1.807) is 0 Å². The van der Waals surface area contributed by atoms with Crippen molar-refractivity contribution in [2.75, 3.05) is 7.11 Å². The molecule has 1 unspecified atom stereocenters. The van der Waals surface area contributed by atoms with E-state index >= 15 is 0 Å². The normalized spacial score (nSPS) is 24.5. The smallest absolute Gasteiger partial charge is 0.208 e. The average Bonchev–Trinajstić information content (AvgIpc) is 1.88. The van der Waals surface area contributed by atoms with Gasteiger partial charge >= 0.3 is 0 Å². The van der Waals surface area contributed by atoms with E-state index in [2.05, 4.69) is 10.3 Å². The maximum absolute atomic E-state index is 9.03. The Balaban J connectivity index is 2.66. The van der Waals surface area contributed by atoms with E-state index in [4.69, 9.17) is 21.4 Å². The van der Waals surface area contributed by atoms with Gasteiger partial charge in [-0.25, -0.2) is 4.99 Å². The molecule has 0 spiro atoms. The summed E-state index contributed by atoms with van der Waals surface area (Å²) in [5, 5.41) is 11.8. The predicted molar refractivity (Wildman–Crippen MR) is 37.5 cm³/mol. The molecule has 1 aliphatic rings. The Morgan fingerprint density at radius 1 is 1.90 bits per heavy atom. The van der Waals surface area contributed by atoms with E-state index in [-0.39, 0.29) is 5.29 Å². The van der Waals surface area contributed by atoms with Crippen LogP contribution in [0.4, 0.5) is 0 Å². The second-order valence-electron chi connectivity index (χ2n) is 1.69. The Hall–Kier alpha value is -0.740. The van der Waals surface area contributed by atoms with Crippen LogP contribution in [-0.4, -0.2) is 23.7 Å². The predicted octanol–water partition coefficient (Wildman–Crippen LogP) is -0.00940. The van der Waals surface area contributed by atoms with Crippen molar-refractivity contribution in [3.8, 4) is 0 Å². The molecule has 0 aromatic heterocycles. The van der Waals surface area contributed by atoms with Crippen LogP contribution in [0.15, 0.2) is 17.0 Å². The van der Waals surface area contributed by atoms with E-state index in [9.17, 15) is 0 Å². The van der Waals surface area contributed by atoms with Crippen molar-refractivity contribution < 1.29 is 9.84 Å². The van der Waals surface area contributed by atoms with Gasteiger partial charge in [0.15, 0.2) is 11.1 Å². The minimum absolute atomic E-state index is 0.160. The topological polar surface area (TPSA) is 53.8 Å². The van der Waals surface area contributed by atoms with Gasteiger partial charge < -0.3 is 15.2 Å². The van der Waals surface area contributed by atoms with Crippen LogP contribution in [0.1, 0.15) is 0 Å². The molecule has 0 radical (unpaired) electrons. The molecule has 0 saturated carbocycles. The molecule has 0 aromatic rings. The average molecular weight is 163 g/mol. The summed E-state index contributed by atoms with van der Waals surface area (Å²) in [5.74, 6) is 0.351. The first kappa shape index (κ1) is 7.37. The van der Waals surface area contributed by atoms with Crippen molar-refractivity contribution in [3.63, 3.8) is 0 Å². The fraction of sp³-hybridized carbons (Fsp3) is 0.400. The minimum atomic E-state index is -0.973. The third kappa shape index (κ3) is 1.40. The first-order valence-corrected chi connectivity index (χ1v) is 3.04. The van der Waals surface area contributed by atoms with Crippen molar-refractivity contribution in [1.29, 1.82) is 0 Å². The number of ether oxygens (including phenoxy) is 1. The highest BCUT2D eigenvalue weighted by molar-refractivity contribution is 6.64. The summed E-state index contributed by atoms with van der Waals surface area (Å²) in [7, 11) is 1.45. The lowest BCUT2D eigenvalue weighted by Gasteiger charge is -2.14. The molecule has 0 saturated heterocycles. The third-order valence-electron chi connectivity index (χ3n) is 1.06. The Bertz CT molecular complexity index is 190. The second kappa shape index (κ2) is 2.90. The number of aliphatic hydroxyl groups is 1. The van der Waals surface area contributed by atoms with Gasteiger partial charge in [-0.3, -0.25) is 0 Å². The lowest BCUT2D eigenvalue weighted by molar-refractivity contribution is 0.131. The van der Waals surface area contributed by atoms with Crippen LogP contribution in [0.25, 0.3) is 0 Å². The molecule has 1 rings (SSSR count). The number of hydrogen-bond donors (Lipinski definition) is 2. The van der Waals surface area contributed by atoms with Gasteiger partial charge in [0, 0.05) is 6.20 Å². The van der Waals surface area contributed by atoms with E-state index in [1.807, 2.05) is 0 Å². The molecule has 0 fully saturated rings. The summed E-state index contributed by atoms with van der Waals surface area (Å²) >= 11 is 5.41. The summed E-state index contributed by atoms with van der Waals surface area (Å²) in [6.07, 6.45) is 0.485. The fourth-order valence-corrected chi connectivity index (χ4v) is 0.725. The molecule has 2 N–H and O–H groups in total. The number of aliphatic hydroxyl groups excluding tert-OH is 1. The van der Waals surface area contributed by atoms with Crippen molar-refractivity contribution in [2.24, 2.45) is 4.99 Å². The molecular weight excluding hydrogens is 156 g/mol. The van der Waals surface area contributed by atoms with Crippen LogP contribution in [-0.2, 0) is 4.74 Å². The highest BCUT2D eigenvalue weighted by atomic mass is 35.5. The molecule has 0 aliphatic carbocycles. The Labute approximate surface area is 63.2 Å². The van der Waals surface area contributed by atoms with Gasteiger partial charge in [0.05, 0.1) is 7.11 Å². The summed E-state index contributed by atoms with van der Waals surface area (Å²) < 4.78 is 4.73. The maximum atomic E-state index is 9.03. The van der Waals surface area contributed by atoms with Gasteiger partial charge in [0.1, 0.15) is 0 Å². The molecular formula is C5H7ClN2O2. The second-order valence-corrected chi connectivity index (χ2v) is 2.05. The van der Waals surface area contributed by atoms with Gasteiger partial charge in [-0.1, -0.05) is 0 Å². The maximum Gasteiger partial charge on any atom is 0.208 e. The number of halogens is 1. The lowest BCUT2D eigenvalue weighted by atomic mass is 10.4. The molecule has 4 nitrogen and oxygen atoms in total. The highest BCUT2D eigenvalue weighted by Crippen LogP contribution is 2.08. The minimum Gasteiger partial charge on any atom is -0.495 e. The number of amidine groups is 1. The van der Waals surface area contributed by atoms with Gasteiger partial charge in [-0.05, 0) is 11.6 Å². The summed E-state index contributed by atoms with van der Waals surface area (Å²) in [6, 6.07) is 0. The first-order chi connectivity index (χ1) is 4.74. The quantitative estimate of drug-likeness (QED) is 0.534. The zero-order valence-electron chi connectivity index (χ0n) is 5.34. The van der Waals surface area contributed by atoms with Gasteiger partial charge in [-0.15, -0.1) is 0 Å². The molecule has 5 heteroatoms. The number of methoxy groups -OCH3 is 1. The van der Waals surface area contributed by atoms with Crippen molar-refractivity contribution in [2.45, 2.75) is 6.23 Å². The van der Waals surface area contributed by atoms with Crippen LogP contribution >= 0.6 is 11.6 Å². The van der Waals surface area contributed by atoms with E-state index in [1.165, 1.54) is 13.3 Å². The standard InChI is InChI=1S/C5H7ClN2O2/c1-10-3-2-7-5(6)8-4(3)9/h2,4,9H,1H3,(H,7,8). The Kier molecular flexibility index (Phi) is 2.13. The molecule has 0 amide bonds. The van der Waals surface area contributed by atoms with Gasteiger partial charge in [0.2, 0.25) is 6.23 Å². The molecule has 0 bridgehead atoms. The third-order valence-corrected chi connectivity index (χ3v) is 1.27. The molecule has 1 atom stereocenters. The fourth-order valence-electron chi connectivity index (χ4n) is 0.578. The zero-order chi connectivity index (χ0) is 7.56. The van der Waals surface area contributed by atoms with Crippen molar-refractivity contribution >= 4 is 16.9 Å². The van der Waals surface area contributed by atoms with E-state index in [0.29, 0.717) is 5.76 Å². The number of hydrogen-bond acceptors (Lipinski definition) is 4. The molecule has 1 heterocycles. The summed E-state index contributed by atoms with van der Waals surface area (Å²) in [6.45, 7) is 0. The summed E-state index contributed by atoms with van der Waals surface area (Å²) in [5.41, 5.74) is 0. The van der Waals surface area contributed by atoms with Crippen LogP contribution in [0.2, 0.25) is 0 Å². The Morgan fingerprint density at radius 2 is 2.60 bits per heavy atom. The van der Waals surface area contributed by atoms with E-state index in [0.717, 1.165) is 0 Å². The number of aliphatic imine (C=N–C) groups is 1. The van der Waals surface area contributed by atoms with Crippen LogP contribution in [0.5, 0.6) is 0 Å². The molecule has 0 aromatic carbocycles. The van der Waals surface area contributed by atoms with Gasteiger partial charge in [-0.2, -0.15) is 0 Å². The largest absolute Gasteiger partial charge is 0.495 e. The number of rotatable bonds is 1. The van der Waals surface area contributed by atoms with Crippen molar-refractivity contribution in [3.05, 3.63) is 12.0 Å². The van der Waals surface area contributed by atoms with Gasteiger partial charge in [0.25, 0.3) is 0 Å². The number of nitrogens with one attached hydrogen (secondary N) is 1. The SMILES string of the molecule is COC1=CNC(Cl)=NC1O. The van der Waals surface area contributed by atoms with E-state index < -0.39 is 6.23 Å². The van der Waals surface area contributed by atoms with Crippen LogP contribution < -0.4 is 5.32 Å². The molecule has 10 heavy (non-hydrogen) atoms. The molecule has 1 aliphatic heterocycles. The Morgan fingerprint density at radius 3 is 3.10 bits per heavy atom. The molecule has 56 valence electrons. The van der Waals surface area contributed by atoms with Crippen LogP contribution in [0.3, 0.4) is 0 Å². The number of nitrogens with zero attached hydrogens (tertiary/aromatic N) is 1. The first-order valence-electron chi connectivity index (χ1n) is 2.66. The van der Waals surface area contributed by atoms with Crippen molar-refractivity contribution in [1.82, 2.24) is 5.32 Å². The van der Waals surface area contributed by atoms with Crippen LogP contribution in [0, 0.1) is 0 Å². The monoisotopic (exact) mass is 162 g/mol. The zero-order valence-corrected chi connectivity index (χ0v) is 6.09.